The van der Waals surface area contributed by atoms with Gasteiger partial charge in [0, 0.05) is 11.9 Å². The standard InChI is InChI=1S/C16H21NO3S/c1-12(14(18)19)17(2)15(20)16(10-6-7-11-16)21-13-8-4-3-5-9-13/h3-5,8-9,12H,6-7,10-11H2,1-2H3,(H,18,19). The summed E-state index contributed by atoms with van der Waals surface area (Å²) in [7, 11) is 1.59. The molecule has 4 nitrogen and oxygen atoms in total. The van der Waals surface area contributed by atoms with Gasteiger partial charge in [0.15, 0.2) is 0 Å². The van der Waals surface area contributed by atoms with E-state index in [0.717, 1.165) is 30.6 Å². The zero-order valence-electron chi connectivity index (χ0n) is 12.4. The molecule has 1 aliphatic rings. The number of nitrogens with zero attached hydrogens (tertiary/aromatic N) is 1. The largest absolute Gasteiger partial charge is 0.480 e. The number of aliphatic carboxylic acids is 1. The van der Waals surface area contributed by atoms with Gasteiger partial charge in [0.1, 0.15) is 6.04 Å². The zero-order valence-corrected chi connectivity index (χ0v) is 13.2. The van der Waals surface area contributed by atoms with E-state index >= 15 is 0 Å². The lowest BCUT2D eigenvalue weighted by atomic mass is 10.0. The van der Waals surface area contributed by atoms with Crippen molar-refractivity contribution in [2.75, 3.05) is 7.05 Å². The minimum atomic E-state index is -0.969. The quantitative estimate of drug-likeness (QED) is 0.908. The van der Waals surface area contributed by atoms with E-state index in [1.807, 2.05) is 30.3 Å². The van der Waals surface area contributed by atoms with E-state index in [-0.39, 0.29) is 5.91 Å². The molecule has 114 valence electrons. The number of likely N-dealkylation sites (N-methyl/N-ethyl adjacent to an activating group) is 1. The van der Waals surface area contributed by atoms with E-state index in [2.05, 4.69) is 0 Å². The number of hydrogen-bond donors (Lipinski definition) is 1. The number of thioether (sulfide) groups is 1. The molecule has 1 aromatic carbocycles. The molecule has 1 amide bonds. The third-order valence-electron chi connectivity index (χ3n) is 4.12. The first-order chi connectivity index (χ1) is 9.96. The van der Waals surface area contributed by atoms with E-state index in [1.54, 1.807) is 25.7 Å². The smallest absolute Gasteiger partial charge is 0.326 e. The molecule has 0 saturated heterocycles. The maximum absolute atomic E-state index is 12.9. The van der Waals surface area contributed by atoms with Gasteiger partial charge in [-0.3, -0.25) is 4.79 Å². The van der Waals surface area contributed by atoms with Crippen LogP contribution in [0.2, 0.25) is 0 Å². The third kappa shape index (κ3) is 3.40. The maximum atomic E-state index is 12.9. The van der Waals surface area contributed by atoms with Gasteiger partial charge in [-0.25, -0.2) is 4.79 Å². The average molecular weight is 307 g/mol. The van der Waals surface area contributed by atoms with Crippen LogP contribution in [0.5, 0.6) is 0 Å². The molecule has 21 heavy (non-hydrogen) atoms. The molecular formula is C16H21NO3S. The number of carboxylic acid groups (broad SMARTS) is 1. The second-order valence-electron chi connectivity index (χ2n) is 5.55. The average Bonchev–Trinajstić information content (AvgIpc) is 2.95. The van der Waals surface area contributed by atoms with E-state index in [1.165, 1.54) is 4.90 Å². The molecule has 2 rings (SSSR count). The van der Waals surface area contributed by atoms with Crippen LogP contribution in [0.1, 0.15) is 32.6 Å². The molecule has 0 spiro atoms. The van der Waals surface area contributed by atoms with Crippen LogP contribution in [-0.2, 0) is 9.59 Å². The van der Waals surface area contributed by atoms with Crippen molar-refractivity contribution < 1.29 is 14.7 Å². The summed E-state index contributed by atoms with van der Waals surface area (Å²) in [6.45, 7) is 1.55. The Morgan fingerprint density at radius 1 is 1.24 bits per heavy atom. The zero-order chi connectivity index (χ0) is 15.5. The minimum Gasteiger partial charge on any atom is -0.480 e. The number of carboxylic acids is 1. The number of rotatable bonds is 5. The van der Waals surface area contributed by atoms with Crippen LogP contribution in [0.15, 0.2) is 35.2 Å². The highest BCUT2D eigenvalue weighted by Gasteiger charge is 2.45. The van der Waals surface area contributed by atoms with Crippen LogP contribution < -0.4 is 0 Å². The molecule has 0 aromatic heterocycles. The van der Waals surface area contributed by atoms with Crippen molar-refractivity contribution in [1.82, 2.24) is 4.90 Å². The summed E-state index contributed by atoms with van der Waals surface area (Å²) in [5, 5.41) is 9.12. The highest BCUT2D eigenvalue weighted by atomic mass is 32.2. The Labute approximate surface area is 129 Å². The predicted molar refractivity (Wildman–Crippen MR) is 83.4 cm³/mol. The predicted octanol–water partition coefficient (Wildman–Crippen LogP) is 3.02. The van der Waals surface area contributed by atoms with Crippen molar-refractivity contribution in [3.63, 3.8) is 0 Å². The van der Waals surface area contributed by atoms with Crippen LogP contribution in [0.25, 0.3) is 0 Å². The number of hydrogen-bond acceptors (Lipinski definition) is 3. The van der Waals surface area contributed by atoms with E-state index < -0.39 is 16.8 Å². The first-order valence-electron chi connectivity index (χ1n) is 7.20. The molecule has 1 unspecified atom stereocenters. The van der Waals surface area contributed by atoms with E-state index in [4.69, 9.17) is 5.11 Å². The number of benzene rings is 1. The van der Waals surface area contributed by atoms with Crippen molar-refractivity contribution in [3.05, 3.63) is 30.3 Å². The lowest BCUT2D eigenvalue weighted by Crippen LogP contribution is -2.49. The molecule has 0 heterocycles. The van der Waals surface area contributed by atoms with Gasteiger partial charge >= 0.3 is 5.97 Å². The molecule has 0 aliphatic heterocycles. The summed E-state index contributed by atoms with van der Waals surface area (Å²) in [5.74, 6) is -1.03. The lowest BCUT2D eigenvalue weighted by Gasteiger charge is -2.33. The monoisotopic (exact) mass is 307 g/mol. The van der Waals surface area contributed by atoms with Gasteiger partial charge in [-0.2, -0.15) is 0 Å². The van der Waals surface area contributed by atoms with Gasteiger partial charge in [0.05, 0.1) is 4.75 Å². The molecule has 1 aliphatic carbocycles. The third-order valence-corrected chi connectivity index (χ3v) is 5.60. The van der Waals surface area contributed by atoms with E-state index in [0.29, 0.717) is 0 Å². The number of carbonyl (C=O) groups excluding carboxylic acids is 1. The topological polar surface area (TPSA) is 57.6 Å². The first kappa shape index (κ1) is 15.9. The minimum absolute atomic E-state index is 0.0660. The molecule has 1 fully saturated rings. The van der Waals surface area contributed by atoms with Crippen molar-refractivity contribution >= 4 is 23.6 Å². The van der Waals surface area contributed by atoms with Crippen LogP contribution in [-0.4, -0.2) is 39.7 Å². The fourth-order valence-electron chi connectivity index (χ4n) is 2.68. The van der Waals surface area contributed by atoms with Crippen molar-refractivity contribution in [3.8, 4) is 0 Å². The van der Waals surface area contributed by atoms with Crippen LogP contribution in [0, 0.1) is 0 Å². The fraction of sp³-hybridized carbons (Fsp3) is 0.500. The number of carbonyl (C=O) groups is 2. The first-order valence-corrected chi connectivity index (χ1v) is 8.02. The molecule has 1 saturated carbocycles. The highest BCUT2D eigenvalue weighted by Crippen LogP contribution is 2.46. The molecule has 1 atom stereocenters. The van der Waals surface area contributed by atoms with Crippen molar-refractivity contribution in [1.29, 1.82) is 0 Å². The molecule has 5 heteroatoms. The summed E-state index contributed by atoms with van der Waals surface area (Å²) in [6, 6.07) is 9.06. The van der Waals surface area contributed by atoms with Crippen molar-refractivity contribution in [2.24, 2.45) is 0 Å². The molecule has 0 radical (unpaired) electrons. The Balaban J connectivity index is 2.21. The van der Waals surface area contributed by atoms with E-state index in [9.17, 15) is 9.59 Å². The summed E-state index contributed by atoms with van der Waals surface area (Å²) in [4.78, 5) is 26.4. The summed E-state index contributed by atoms with van der Waals surface area (Å²) < 4.78 is -0.514. The second kappa shape index (κ2) is 6.52. The number of amides is 1. The van der Waals surface area contributed by atoms with Crippen LogP contribution >= 0.6 is 11.8 Å². The fourth-order valence-corrected chi connectivity index (χ4v) is 4.15. The van der Waals surface area contributed by atoms with Crippen molar-refractivity contribution in [2.45, 2.75) is 48.3 Å². The Morgan fingerprint density at radius 2 is 1.81 bits per heavy atom. The molecule has 1 aromatic rings. The maximum Gasteiger partial charge on any atom is 0.326 e. The second-order valence-corrected chi connectivity index (χ2v) is 7.00. The Bertz CT molecular complexity index is 512. The Morgan fingerprint density at radius 3 is 2.33 bits per heavy atom. The SMILES string of the molecule is CC(C(=O)O)N(C)C(=O)C1(Sc2ccccc2)CCCC1. The van der Waals surface area contributed by atoms with Gasteiger partial charge in [-0.15, -0.1) is 11.8 Å². The van der Waals surface area contributed by atoms with Crippen LogP contribution in [0.4, 0.5) is 0 Å². The summed E-state index contributed by atoms with van der Waals surface area (Å²) in [6.07, 6.45) is 3.64. The molecule has 0 bridgehead atoms. The normalized spacial score (nSPS) is 18.2. The summed E-state index contributed by atoms with van der Waals surface area (Å²) in [5.41, 5.74) is 0. The van der Waals surface area contributed by atoms with Gasteiger partial charge < -0.3 is 10.0 Å². The highest BCUT2D eigenvalue weighted by molar-refractivity contribution is 8.01. The van der Waals surface area contributed by atoms with Gasteiger partial charge in [0.25, 0.3) is 0 Å². The Hall–Kier alpha value is -1.49. The van der Waals surface area contributed by atoms with Gasteiger partial charge in [0.2, 0.25) is 5.91 Å². The Kier molecular flexibility index (Phi) is 4.93. The van der Waals surface area contributed by atoms with Gasteiger partial charge in [-0.05, 0) is 31.9 Å². The van der Waals surface area contributed by atoms with Crippen LogP contribution in [0.3, 0.4) is 0 Å². The van der Waals surface area contributed by atoms with Gasteiger partial charge in [-0.1, -0.05) is 31.0 Å². The lowest BCUT2D eigenvalue weighted by molar-refractivity contribution is -0.149. The molecular weight excluding hydrogens is 286 g/mol. The summed E-state index contributed by atoms with van der Waals surface area (Å²) >= 11 is 1.58. The molecule has 1 N–H and O–H groups in total.